The molecular weight excluding hydrogens is 246 g/mol. The van der Waals surface area contributed by atoms with Gasteiger partial charge in [0.25, 0.3) is 5.91 Å². The summed E-state index contributed by atoms with van der Waals surface area (Å²) in [7, 11) is 0. The summed E-state index contributed by atoms with van der Waals surface area (Å²) in [5.74, 6) is -0.955. The Morgan fingerprint density at radius 2 is 2.11 bits per heavy atom. The van der Waals surface area contributed by atoms with Crippen LogP contribution in [0.3, 0.4) is 0 Å². The Bertz CT molecular complexity index is 436. The van der Waals surface area contributed by atoms with E-state index in [9.17, 15) is 9.59 Å². The van der Waals surface area contributed by atoms with Crippen LogP contribution in [0.2, 0.25) is 0 Å². The standard InChI is InChI=1S/C14H21NO4/c1-4-5-10(14(17)18)8-15-13(16)11-6-7-19-12(11)9(2)3/h6-7,9-10H,4-5,8H2,1-3H3,(H,15,16)(H,17,18). The molecule has 106 valence electrons. The Morgan fingerprint density at radius 3 is 2.63 bits per heavy atom. The van der Waals surface area contributed by atoms with E-state index in [2.05, 4.69) is 5.32 Å². The van der Waals surface area contributed by atoms with E-state index in [1.807, 2.05) is 20.8 Å². The molecule has 0 bridgehead atoms. The highest BCUT2D eigenvalue weighted by Crippen LogP contribution is 2.20. The highest BCUT2D eigenvalue weighted by atomic mass is 16.4. The lowest BCUT2D eigenvalue weighted by Crippen LogP contribution is -2.33. The normalized spacial score (nSPS) is 12.4. The van der Waals surface area contributed by atoms with E-state index >= 15 is 0 Å². The number of carboxylic acid groups (broad SMARTS) is 1. The summed E-state index contributed by atoms with van der Waals surface area (Å²) >= 11 is 0. The van der Waals surface area contributed by atoms with Gasteiger partial charge in [0.05, 0.1) is 17.7 Å². The fraction of sp³-hybridized carbons (Fsp3) is 0.571. The average Bonchev–Trinajstić information content (AvgIpc) is 2.82. The summed E-state index contributed by atoms with van der Waals surface area (Å²) < 4.78 is 5.27. The third kappa shape index (κ3) is 4.12. The van der Waals surface area contributed by atoms with E-state index in [-0.39, 0.29) is 18.4 Å². The van der Waals surface area contributed by atoms with Crippen molar-refractivity contribution in [2.75, 3.05) is 6.54 Å². The molecule has 1 rings (SSSR count). The van der Waals surface area contributed by atoms with Gasteiger partial charge in [-0.3, -0.25) is 9.59 Å². The van der Waals surface area contributed by atoms with Crippen LogP contribution in [-0.2, 0) is 4.79 Å². The number of amides is 1. The van der Waals surface area contributed by atoms with Crippen LogP contribution in [0.1, 0.15) is 55.6 Å². The quantitative estimate of drug-likeness (QED) is 0.796. The molecule has 1 aromatic rings. The molecule has 0 aliphatic heterocycles. The van der Waals surface area contributed by atoms with Crippen molar-refractivity contribution in [3.8, 4) is 0 Å². The average molecular weight is 267 g/mol. The van der Waals surface area contributed by atoms with Crippen LogP contribution in [0, 0.1) is 5.92 Å². The first-order valence-electron chi connectivity index (χ1n) is 6.55. The van der Waals surface area contributed by atoms with Crippen molar-refractivity contribution in [1.82, 2.24) is 5.32 Å². The number of aliphatic carboxylic acids is 1. The number of furan rings is 1. The van der Waals surface area contributed by atoms with Crippen LogP contribution in [0.4, 0.5) is 0 Å². The van der Waals surface area contributed by atoms with Crippen molar-refractivity contribution in [3.05, 3.63) is 23.7 Å². The Morgan fingerprint density at radius 1 is 1.42 bits per heavy atom. The van der Waals surface area contributed by atoms with Crippen LogP contribution in [0.15, 0.2) is 16.7 Å². The first-order chi connectivity index (χ1) is 8.97. The van der Waals surface area contributed by atoms with Crippen molar-refractivity contribution in [2.24, 2.45) is 5.92 Å². The summed E-state index contributed by atoms with van der Waals surface area (Å²) in [4.78, 5) is 23.0. The molecule has 1 heterocycles. The summed E-state index contributed by atoms with van der Waals surface area (Å²) in [6.07, 6.45) is 2.80. The van der Waals surface area contributed by atoms with Crippen LogP contribution >= 0.6 is 0 Å². The molecule has 19 heavy (non-hydrogen) atoms. The predicted octanol–water partition coefficient (Wildman–Crippen LogP) is 2.63. The van der Waals surface area contributed by atoms with Crippen molar-refractivity contribution in [3.63, 3.8) is 0 Å². The molecule has 0 fully saturated rings. The Labute approximate surface area is 113 Å². The van der Waals surface area contributed by atoms with E-state index in [1.165, 1.54) is 6.26 Å². The van der Waals surface area contributed by atoms with Gasteiger partial charge in [0.15, 0.2) is 0 Å². The third-order valence-electron chi connectivity index (χ3n) is 2.96. The molecule has 0 radical (unpaired) electrons. The Kier molecular flexibility index (Phi) is 5.60. The van der Waals surface area contributed by atoms with Gasteiger partial charge >= 0.3 is 5.97 Å². The molecule has 0 saturated heterocycles. The van der Waals surface area contributed by atoms with Gasteiger partial charge in [-0.1, -0.05) is 27.2 Å². The van der Waals surface area contributed by atoms with E-state index in [0.29, 0.717) is 17.7 Å². The van der Waals surface area contributed by atoms with Gasteiger partial charge in [-0.15, -0.1) is 0 Å². The fourth-order valence-corrected chi connectivity index (χ4v) is 1.93. The van der Waals surface area contributed by atoms with Gasteiger partial charge in [0.1, 0.15) is 5.76 Å². The molecule has 5 nitrogen and oxygen atoms in total. The van der Waals surface area contributed by atoms with Gasteiger partial charge in [-0.05, 0) is 12.5 Å². The van der Waals surface area contributed by atoms with Crippen molar-refractivity contribution >= 4 is 11.9 Å². The number of rotatable bonds is 7. The first-order valence-corrected chi connectivity index (χ1v) is 6.55. The van der Waals surface area contributed by atoms with Crippen molar-refractivity contribution < 1.29 is 19.1 Å². The molecule has 2 N–H and O–H groups in total. The monoisotopic (exact) mass is 267 g/mol. The minimum absolute atomic E-state index is 0.113. The van der Waals surface area contributed by atoms with Gasteiger partial charge in [0, 0.05) is 12.5 Å². The van der Waals surface area contributed by atoms with Crippen molar-refractivity contribution in [1.29, 1.82) is 0 Å². The lowest BCUT2D eigenvalue weighted by Gasteiger charge is -2.12. The maximum Gasteiger partial charge on any atom is 0.308 e. The highest BCUT2D eigenvalue weighted by Gasteiger charge is 2.20. The summed E-state index contributed by atoms with van der Waals surface area (Å²) in [5, 5.41) is 11.7. The molecule has 0 aliphatic rings. The molecule has 1 atom stereocenters. The molecular formula is C14H21NO4. The van der Waals surface area contributed by atoms with Gasteiger partial charge < -0.3 is 14.8 Å². The van der Waals surface area contributed by atoms with Crippen LogP contribution in [0.25, 0.3) is 0 Å². The number of hydrogen-bond donors (Lipinski definition) is 2. The van der Waals surface area contributed by atoms with Crippen LogP contribution in [0.5, 0.6) is 0 Å². The van der Waals surface area contributed by atoms with Gasteiger partial charge in [-0.2, -0.15) is 0 Å². The minimum atomic E-state index is -0.876. The zero-order valence-electron chi connectivity index (χ0n) is 11.6. The minimum Gasteiger partial charge on any atom is -0.481 e. The maximum atomic E-state index is 12.0. The molecule has 0 aromatic carbocycles. The zero-order chi connectivity index (χ0) is 14.4. The summed E-state index contributed by atoms with van der Waals surface area (Å²) in [6, 6.07) is 1.61. The van der Waals surface area contributed by atoms with Gasteiger partial charge in [-0.25, -0.2) is 0 Å². The fourth-order valence-electron chi connectivity index (χ4n) is 1.93. The second kappa shape index (κ2) is 6.97. The second-order valence-electron chi connectivity index (χ2n) is 4.89. The summed E-state index contributed by atoms with van der Waals surface area (Å²) in [5.41, 5.74) is 0.482. The largest absolute Gasteiger partial charge is 0.481 e. The number of carbonyl (C=O) groups excluding carboxylic acids is 1. The lowest BCUT2D eigenvalue weighted by molar-refractivity contribution is -0.141. The molecule has 0 aliphatic carbocycles. The SMILES string of the molecule is CCCC(CNC(=O)c1ccoc1C(C)C)C(=O)O. The molecule has 0 spiro atoms. The second-order valence-corrected chi connectivity index (χ2v) is 4.89. The van der Waals surface area contributed by atoms with Crippen molar-refractivity contribution in [2.45, 2.75) is 39.5 Å². The van der Waals surface area contributed by atoms with Gasteiger partial charge in [0.2, 0.25) is 0 Å². The van der Waals surface area contributed by atoms with Crippen LogP contribution in [-0.4, -0.2) is 23.5 Å². The maximum absolute atomic E-state index is 12.0. The highest BCUT2D eigenvalue weighted by molar-refractivity contribution is 5.95. The predicted molar refractivity (Wildman–Crippen MR) is 71.2 cm³/mol. The number of nitrogens with one attached hydrogen (secondary N) is 1. The van der Waals surface area contributed by atoms with E-state index in [4.69, 9.17) is 9.52 Å². The Hall–Kier alpha value is -1.78. The smallest absolute Gasteiger partial charge is 0.308 e. The molecule has 5 heteroatoms. The van der Waals surface area contributed by atoms with E-state index in [1.54, 1.807) is 6.07 Å². The third-order valence-corrected chi connectivity index (χ3v) is 2.96. The first kappa shape index (κ1) is 15.3. The number of carbonyl (C=O) groups is 2. The molecule has 1 unspecified atom stereocenters. The van der Waals surface area contributed by atoms with Crippen LogP contribution < -0.4 is 5.32 Å². The lowest BCUT2D eigenvalue weighted by atomic mass is 10.0. The molecule has 1 amide bonds. The summed E-state index contributed by atoms with van der Waals surface area (Å²) in [6.45, 7) is 5.94. The molecule has 1 aromatic heterocycles. The van der Waals surface area contributed by atoms with E-state index in [0.717, 1.165) is 6.42 Å². The Balaban J connectivity index is 2.64. The topological polar surface area (TPSA) is 79.5 Å². The van der Waals surface area contributed by atoms with E-state index < -0.39 is 11.9 Å². The zero-order valence-corrected chi connectivity index (χ0v) is 11.6. The molecule has 0 saturated carbocycles. The number of hydrogen-bond acceptors (Lipinski definition) is 3. The number of carboxylic acids is 1.